The molecule has 2 aromatic rings. The summed E-state index contributed by atoms with van der Waals surface area (Å²) in [5.74, 6) is -1.19. The van der Waals surface area contributed by atoms with E-state index in [4.69, 9.17) is 16.3 Å². The Labute approximate surface area is 169 Å². The van der Waals surface area contributed by atoms with Gasteiger partial charge in [0.15, 0.2) is 0 Å². The van der Waals surface area contributed by atoms with E-state index in [0.717, 1.165) is 10.6 Å². The van der Waals surface area contributed by atoms with Crippen molar-refractivity contribution >= 4 is 44.9 Å². The lowest BCUT2D eigenvalue weighted by Gasteiger charge is -2.30. The molecule has 0 aliphatic carbocycles. The number of para-hydroxylation sites is 1. The first-order valence-electron chi connectivity index (χ1n) is 8.42. The van der Waals surface area contributed by atoms with Gasteiger partial charge in [0.2, 0.25) is 15.9 Å². The van der Waals surface area contributed by atoms with E-state index in [9.17, 15) is 18.0 Å². The van der Waals surface area contributed by atoms with Gasteiger partial charge in [0.05, 0.1) is 30.3 Å². The van der Waals surface area contributed by atoms with Gasteiger partial charge in [-0.2, -0.15) is 0 Å². The number of amides is 1. The molecule has 0 saturated heterocycles. The number of carbonyl (C=O) groups is 2. The number of nitrogens with one attached hydrogen (secondary N) is 1. The predicted octanol–water partition coefficient (Wildman–Crippen LogP) is 3.31. The standard InChI is InChI=1S/C19H21ClN2O5S/c1-4-17(22(28(3,25)26)14-9-7-8-13(20)12-14)18(23)21-16-11-6-5-10-15(16)19(24)27-2/h5-12,17H,4H2,1-3H3,(H,21,23)/t17-/m1/s1. The summed E-state index contributed by atoms with van der Waals surface area (Å²) in [6.45, 7) is 1.69. The smallest absolute Gasteiger partial charge is 0.339 e. The summed E-state index contributed by atoms with van der Waals surface area (Å²) < 4.78 is 30.6. The van der Waals surface area contributed by atoms with Crippen LogP contribution in [0.3, 0.4) is 0 Å². The van der Waals surface area contributed by atoms with Crippen LogP contribution in [0.5, 0.6) is 0 Å². The number of methoxy groups -OCH3 is 1. The van der Waals surface area contributed by atoms with Gasteiger partial charge < -0.3 is 10.1 Å². The number of carbonyl (C=O) groups excluding carboxylic acids is 2. The quantitative estimate of drug-likeness (QED) is 0.688. The number of halogens is 1. The SMILES string of the molecule is CC[C@H](C(=O)Nc1ccccc1C(=O)OC)N(c1cccc(Cl)c1)S(C)(=O)=O. The summed E-state index contributed by atoms with van der Waals surface area (Å²) in [6, 6.07) is 11.5. The number of ether oxygens (including phenoxy) is 1. The molecular formula is C19H21ClN2O5S. The van der Waals surface area contributed by atoms with Gasteiger partial charge in [-0.25, -0.2) is 13.2 Å². The van der Waals surface area contributed by atoms with Crippen molar-refractivity contribution in [1.82, 2.24) is 0 Å². The van der Waals surface area contributed by atoms with Crippen molar-refractivity contribution in [1.29, 1.82) is 0 Å². The first kappa shape index (κ1) is 21.7. The second-order valence-electron chi connectivity index (χ2n) is 5.99. The lowest BCUT2D eigenvalue weighted by atomic mass is 10.1. The van der Waals surface area contributed by atoms with Gasteiger partial charge in [0, 0.05) is 5.02 Å². The van der Waals surface area contributed by atoms with E-state index in [-0.39, 0.29) is 23.4 Å². The van der Waals surface area contributed by atoms with E-state index in [1.54, 1.807) is 43.3 Å². The van der Waals surface area contributed by atoms with E-state index in [0.29, 0.717) is 5.02 Å². The molecule has 150 valence electrons. The van der Waals surface area contributed by atoms with Crippen molar-refractivity contribution in [2.24, 2.45) is 0 Å². The molecule has 7 nitrogen and oxygen atoms in total. The van der Waals surface area contributed by atoms with Gasteiger partial charge in [-0.3, -0.25) is 9.10 Å². The maximum absolute atomic E-state index is 13.0. The molecule has 0 heterocycles. The van der Waals surface area contributed by atoms with Gasteiger partial charge in [-0.05, 0) is 36.8 Å². The van der Waals surface area contributed by atoms with E-state index < -0.39 is 27.9 Å². The Balaban J connectivity index is 2.42. The summed E-state index contributed by atoms with van der Waals surface area (Å²) in [5.41, 5.74) is 0.678. The summed E-state index contributed by atoms with van der Waals surface area (Å²) in [6.07, 6.45) is 1.22. The van der Waals surface area contributed by atoms with Crippen LogP contribution in [0.2, 0.25) is 5.02 Å². The zero-order chi connectivity index (χ0) is 20.9. The minimum absolute atomic E-state index is 0.168. The van der Waals surface area contributed by atoms with Crippen LogP contribution in [0, 0.1) is 0 Å². The van der Waals surface area contributed by atoms with Crippen LogP contribution in [0.4, 0.5) is 11.4 Å². The van der Waals surface area contributed by atoms with Gasteiger partial charge >= 0.3 is 5.97 Å². The van der Waals surface area contributed by atoms with Crippen LogP contribution < -0.4 is 9.62 Å². The molecule has 0 aliphatic heterocycles. The highest BCUT2D eigenvalue weighted by Crippen LogP contribution is 2.26. The molecule has 0 bridgehead atoms. The molecule has 0 aliphatic rings. The summed E-state index contributed by atoms with van der Waals surface area (Å²) >= 11 is 5.99. The fourth-order valence-electron chi connectivity index (χ4n) is 2.77. The highest BCUT2D eigenvalue weighted by Gasteiger charge is 2.32. The number of benzene rings is 2. The van der Waals surface area contributed by atoms with Crippen molar-refractivity contribution in [2.45, 2.75) is 19.4 Å². The van der Waals surface area contributed by atoms with Crippen molar-refractivity contribution < 1.29 is 22.7 Å². The number of hydrogen-bond donors (Lipinski definition) is 1. The maximum Gasteiger partial charge on any atom is 0.339 e. The molecule has 1 N–H and O–H groups in total. The molecule has 1 amide bonds. The monoisotopic (exact) mass is 424 g/mol. The molecule has 2 rings (SSSR count). The van der Waals surface area contributed by atoms with Crippen LogP contribution >= 0.6 is 11.6 Å². The molecule has 9 heteroatoms. The number of esters is 1. The van der Waals surface area contributed by atoms with E-state index in [2.05, 4.69) is 5.32 Å². The summed E-state index contributed by atoms with van der Waals surface area (Å²) in [4.78, 5) is 24.9. The fraction of sp³-hybridized carbons (Fsp3) is 0.263. The molecule has 0 radical (unpaired) electrons. The third kappa shape index (κ3) is 5.02. The van der Waals surface area contributed by atoms with Crippen LogP contribution in [-0.4, -0.2) is 39.7 Å². The molecule has 1 atom stereocenters. The zero-order valence-electron chi connectivity index (χ0n) is 15.7. The van der Waals surface area contributed by atoms with Crippen molar-refractivity contribution in [2.75, 3.05) is 23.0 Å². The van der Waals surface area contributed by atoms with Crippen molar-refractivity contribution in [3.63, 3.8) is 0 Å². The third-order valence-corrected chi connectivity index (χ3v) is 5.40. The highest BCUT2D eigenvalue weighted by molar-refractivity contribution is 7.92. The molecule has 0 saturated carbocycles. The molecular weight excluding hydrogens is 404 g/mol. The van der Waals surface area contributed by atoms with E-state index in [1.807, 2.05) is 0 Å². The topological polar surface area (TPSA) is 92.8 Å². The Morgan fingerprint density at radius 3 is 2.43 bits per heavy atom. The third-order valence-electron chi connectivity index (χ3n) is 3.98. The Morgan fingerprint density at radius 2 is 1.86 bits per heavy atom. The van der Waals surface area contributed by atoms with Crippen LogP contribution in [0.25, 0.3) is 0 Å². The van der Waals surface area contributed by atoms with Gasteiger partial charge in [-0.15, -0.1) is 0 Å². The predicted molar refractivity (Wildman–Crippen MR) is 109 cm³/mol. The number of nitrogens with zero attached hydrogens (tertiary/aromatic N) is 1. The average Bonchev–Trinajstić information content (AvgIpc) is 2.64. The largest absolute Gasteiger partial charge is 0.465 e. The Morgan fingerprint density at radius 1 is 1.18 bits per heavy atom. The Kier molecular flexibility index (Phi) is 7.04. The number of anilines is 2. The Bertz CT molecular complexity index is 978. The molecule has 28 heavy (non-hydrogen) atoms. The van der Waals surface area contributed by atoms with E-state index >= 15 is 0 Å². The fourth-order valence-corrected chi connectivity index (χ4v) is 4.16. The lowest BCUT2D eigenvalue weighted by Crippen LogP contribution is -2.47. The van der Waals surface area contributed by atoms with Gasteiger partial charge in [-0.1, -0.05) is 36.7 Å². The minimum atomic E-state index is -3.79. The van der Waals surface area contributed by atoms with Crippen LogP contribution in [0.15, 0.2) is 48.5 Å². The first-order chi connectivity index (χ1) is 13.2. The van der Waals surface area contributed by atoms with Crippen LogP contribution in [-0.2, 0) is 19.6 Å². The lowest BCUT2D eigenvalue weighted by molar-refractivity contribution is -0.117. The molecule has 0 aromatic heterocycles. The van der Waals surface area contributed by atoms with E-state index in [1.165, 1.54) is 19.2 Å². The summed E-state index contributed by atoms with van der Waals surface area (Å²) in [5, 5.41) is 2.98. The first-order valence-corrected chi connectivity index (χ1v) is 10.6. The Hall–Kier alpha value is -2.58. The minimum Gasteiger partial charge on any atom is -0.465 e. The number of rotatable bonds is 7. The highest BCUT2D eigenvalue weighted by atomic mass is 35.5. The second-order valence-corrected chi connectivity index (χ2v) is 8.29. The zero-order valence-corrected chi connectivity index (χ0v) is 17.3. The molecule has 0 unspecified atom stereocenters. The molecule has 0 fully saturated rings. The van der Waals surface area contributed by atoms with Crippen LogP contribution in [0.1, 0.15) is 23.7 Å². The molecule has 0 spiro atoms. The summed E-state index contributed by atoms with van der Waals surface area (Å²) in [7, 11) is -2.56. The average molecular weight is 425 g/mol. The van der Waals surface area contributed by atoms with Crippen molar-refractivity contribution in [3.8, 4) is 0 Å². The normalized spacial score (nSPS) is 12.1. The van der Waals surface area contributed by atoms with Gasteiger partial charge in [0.25, 0.3) is 0 Å². The molecule has 2 aromatic carbocycles. The number of hydrogen-bond acceptors (Lipinski definition) is 5. The number of sulfonamides is 1. The van der Waals surface area contributed by atoms with Crippen molar-refractivity contribution in [3.05, 3.63) is 59.1 Å². The second kappa shape index (κ2) is 9.07. The van der Waals surface area contributed by atoms with Gasteiger partial charge in [0.1, 0.15) is 6.04 Å². The maximum atomic E-state index is 13.0.